The molecule has 1 amide bonds. The first kappa shape index (κ1) is 17.3. The zero-order chi connectivity index (χ0) is 16.4. The summed E-state index contributed by atoms with van der Waals surface area (Å²) in [5.74, 6) is -5.13. The van der Waals surface area contributed by atoms with Gasteiger partial charge in [0.2, 0.25) is 0 Å². The van der Waals surface area contributed by atoms with Gasteiger partial charge >= 0.3 is 12.3 Å². The molecule has 0 aliphatic heterocycles. The van der Waals surface area contributed by atoms with Crippen LogP contribution in [0.3, 0.4) is 0 Å². The molecule has 0 radical (unpaired) electrons. The summed E-state index contributed by atoms with van der Waals surface area (Å²) in [6.45, 7) is 1.98. The van der Waals surface area contributed by atoms with Gasteiger partial charge < -0.3 is 21.5 Å². The van der Waals surface area contributed by atoms with E-state index in [0.29, 0.717) is 11.3 Å². The lowest BCUT2D eigenvalue weighted by Gasteiger charge is -2.17. The molecule has 5 nitrogen and oxygen atoms in total. The van der Waals surface area contributed by atoms with Crippen LogP contribution in [0.15, 0.2) is 0 Å². The number of nitrogens with one attached hydrogen (secondary N) is 1. The van der Waals surface area contributed by atoms with Crippen LogP contribution >= 0.6 is 11.3 Å². The second-order valence-electron chi connectivity index (χ2n) is 4.45. The first-order valence-corrected chi connectivity index (χ1v) is 6.66. The van der Waals surface area contributed by atoms with Crippen molar-refractivity contribution in [3.05, 3.63) is 4.88 Å². The van der Waals surface area contributed by atoms with Gasteiger partial charge in [-0.3, -0.25) is 4.79 Å². The van der Waals surface area contributed by atoms with Crippen LogP contribution in [0.4, 0.5) is 28.3 Å². The van der Waals surface area contributed by atoms with Gasteiger partial charge in [0.05, 0.1) is 12.6 Å². The smallest absolute Gasteiger partial charge is 0.324 e. The number of amides is 1. The van der Waals surface area contributed by atoms with Crippen molar-refractivity contribution in [2.75, 3.05) is 17.6 Å². The molecule has 0 bridgehead atoms. The number of carbonyl (C=O) groups excluding carboxylic acids is 1. The van der Waals surface area contributed by atoms with Crippen LogP contribution in [0.2, 0.25) is 0 Å². The number of halogens is 4. The third-order valence-electron chi connectivity index (χ3n) is 2.28. The van der Waals surface area contributed by atoms with E-state index in [9.17, 15) is 22.4 Å². The van der Waals surface area contributed by atoms with E-state index in [0.717, 1.165) is 0 Å². The molecule has 0 aliphatic carbocycles. The summed E-state index contributed by atoms with van der Waals surface area (Å²) < 4.78 is 55.4. The molecular formula is C11H15F4N3O2S. The van der Waals surface area contributed by atoms with Gasteiger partial charge in [-0.05, 0) is 13.8 Å². The van der Waals surface area contributed by atoms with Crippen molar-refractivity contribution in [1.29, 1.82) is 0 Å². The van der Waals surface area contributed by atoms with Crippen molar-refractivity contribution < 1.29 is 27.1 Å². The van der Waals surface area contributed by atoms with E-state index in [1.54, 1.807) is 13.8 Å². The van der Waals surface area contributed by atoms with Gasteiger partial charge in [0, 0.05) is 0 Å². The van der Waals surface area contributed by atoms with Gasteiger partial charge in [-0.2, -0.15) is 8.78 Å². The molecule has 0 spiro atoms. The number of alkyl halides is 4. The number of anilines is 2. The Kier molecular flexibility index (Phi) is 5.26. The number of rotatable bonds is 7. The van der Waals surface area contributed by atoms with Crippen LogP contribution in [0.1, 0.15) is 23.5 Å². The first-order valence-electron chi connectivity index (χ1n) is 5.84. The number of nitrogens with two attached hydrogens (primary N) is 2. The quantitative estimate of drug-likeness (QED) is 0.671. The molecule has 21 heavy (non-hydrogen) atoms. The number of carbonyl (C=O) groups is 1. The molecule has 1 aromatic heterocycles. The van der Waals surface area contributed by atoms with Crippen molar-refractivity contribution in [2.45, 2.75) is 32.3 Å². The molecule has 0 atom stereocenters. The number of ether oxygens (including phenoxy) is 1. The van der Waals surface area contributed by atoms with Gasteiger partial charge in [0.15, 0.2) is 5.75 Å². The third-order valence-corrected chi connectivity index (χ3v) is 3.44. The van der Waals surface area contributed by atoms with E-state index in [-0.39, 0.29) is 27.4 Å². The largest absolute Gasteiger partial charge is 0.486 e. The minimum absolute atomic E-state index is 0.0460. The zero-order valence-electron chi connectivity index (χ0n) is 11.3. The minimum atomic E-state index is -4.22. The molecule has 1 heterocycles. The van der Waals surface area contributed by atoms with Crippen molar-refractivity contribution in [3.63, 3.8) is 0 Å². The molecule has 1 aromatic rings. The Morgan fingerprint density at radius 1 is 1.43 bits per heavy atom. The van der Waals surface area contributed by atoms with Gasteiger partial charge in [-0.15, -0.1) is 11.3 Å². The molecule has 0 saturated heterocycles. The van der Waals surface area contributed by atoms with E-state index in [2.05, 4.69) is 5.32 Å². The highest BCUT2D eigenvalue weighted by Gasteiger charge is 2.41. The molecule has 0 aliphatic rings. The summed E-state index contributed by atoms with van der Waals surface area (Å²) in [5, 5.41) is 2.09. The molecule has 10 heteroatoms. The average Bonchev–Trinajstić information content (AvgIpc) is 2.64. The molecular weight excluding hydrogens is 314 g/mol. The Hall–Kier alpha value is -1.71. The van der Waals surface area contributed by atoms with Gasteiger partial charge in [-0.25, -0.2) is 8.78 Å². The Balaban J connectivity index is 3.05. The van der Waals surface area contributed by atoms with Crippen molar-refractivity contribution in [1.82, 2.24) is 0 Å². The summed E-state index contributed by atoms with van der Waals surface area (Å²) in [4.78, 5) is 11.1. The van der Waals surface area contributed by atoms with E-state index in [1.807, 2.05) is 0 Å². The number of thiophene rings is 1. The fourth-order valence-electron chi connectivity index (χ4n) is 1.36. The number of nitrogen functional groups attached to an aromatic ring is 1. The molecule has 0 saturated carbocycles. The second kappa shape index (κ2) is 6.37. The lowest BCUT2D eigenvalue weighted by atomic mass is 10.3. The predicted molar refractivity (Wildman–Crippen MR) is 72.5 cm³/mol. The molecule has 1 rings (SSSR count). The fourth-order valence-corrected chi connectivity index (χ4v) is 2.26. The Morgan fingerprint density at radius 2 is 2.00 bits per heavy atom. The van der Waals surface area contributed by atoms with Crippen LogP contribution in [0.5, 0.6) is 5.75 Å². The fraction of sp³-hybridized carbons (Fsp3) is 0.545. The molecule has 0 unspecified atom stereocenters. The highest BCUT2D eigenvalue weighted by molar-refractivity contribution is 7.19. The van der Waals surface area contributed by atoms with Crippen LogP contribution in [0.25, 0.3) is 0 Å². The van der Waals surface area contributed by atoms with Crippen molar-refractivity contribution in [3.8, 4) is 5.75 Å². The normalized spacial score (nSPS) is 12.0. The van der Waals surface area contributed by atoms with Gasteiger partial charge in [0.1, 0.15) is 15.6 Å². The summed E-state index contributed by atoms with van der Waals surface area (Å²) in [6, 6.07) is 0. The summed E-state index contributed by atoms with van der Waals surface area (Å²) >= 11 is 0.675. The number of hydrogen-bond donors (Lipinski definition) is 3. The van der Waals surface area contributed by atoms with Gasteiger partial charge in [0.25, 0.3) is 5.91 Å². The van der Waals surface area contributed by atoms with Crippen LogP contribution in [-0.4, -0.2) is 30.9 Å². The summed E-state index contributed by atoms with van der Waals surface area (Å²) in [6.07, 6.45) is -4.17. The van der Waals surface area contributed by atoms with E-state index >= 15 is 0 Å². The Bertz CT molecular complexity index is 520. The predicted octanol–water partition coefficient (Wildman–Crippen LogP) is 2.53. The van der Waals surface area contributed by atoms with Crippen molar-refractivity contribution in [2.24, 2.45) is 5.73 Å². The first-order chi connectivity index (χ1) is 9.56. The number of primary amides is 1. The maximum Gasteiger partial charge on any atom is 0.324 e. The number of hydrogen-bond acceptors (Lipinski definition) is 5. The summed E-state index contributed by atoms with van der Waals surface area (Å²) in [5.41, 5.74) is 10.7. The molecule has 5 N–H and O–H groups in total. The standard InChI is InChI=1S/C11H15F4N3O2S/c1-4(2)20-6-5(16)7(8(17)19)21-9(6)18-3-11(14,15)10(12)13/h4,10,18H,3,16H2,1-2H3,(H2,17,19). The van der Waals surface area contributed by atoms with Crippen molar-refractivity contribution >= 4 is 27.9 Å². The SMILES string of the molecule is CC(C)Oc1c(NCC(F)(F)C(F)F)sc(C(N)=O)c1N. The van der Waals surface area contributed by atoms with Crippen LogP contribution < -0.4 is 21.5 Å². The minimum Gasteiger partial charge on any atom is -0.486 e. The Labute approximate surface area is 122 Å². The Morgan fingerprint density at radius 3 is 2.43 bits per heavy atom. The highest BCUT2D eigenvalue weighted by atomic mass is 32.1. The molecule has 0 aromatic carbocycles. The average molecular weight is 329 g/mol. The maximum absolute atomic E-state index is 12.9. The lowest BCUT2D eigenvalue weighted by molar-refractivity contribution is -0.117. The summed E-state index contributed by atoms with van der Waals surface area (Å²) in [7, 11) is 0. The molecule has 120 valence electrons. The van der Waals surface area contributed by atoms with Crippen LogP contribution in [-0.2, 0) is 0 Å². The topological polar surface area (TPSA) is 90.4 Å². The van der Waals surface area contributed by atoms with E-state index < -0.39 is 24.8 Å². The highest BCUT2D eigenvalue weighted by Crippen LogP contribution is 2.43. The third kappa shape index (κ3) is 4.13. The zero-order valence-corrected chi connectivity index (χ0v) is 12.1. The second-order valence-corrected chi connectivity index (χ2v) is 5.47. The van der Waals surface area contributed by atoms with E-state index in [1.165, 1.54) is 0 Å². The van der Waals surface area contributed by atoms with Crippen LogP contribution in [0, 0.1) is 0 Å². The lowest BCUT2D eigenvalue weighted by Crippen LogP contribution is -2.34. The molecule has 0 fully saturated rings. The maximum atomic E-state index is 12.9. The van der Waals surface area contributed by atoms with E-state index in [4.69, 9.17) is 16.2 Å². The monoisotopic (exact) mass is 329 g/mol. The van der Waals surface area contributed by atoms with Gasteiger partial charge in [-0.1, -0.05) is 0 Å².